The zero-order valence-electron chi connectivity index (χ0n) is 33.1. The molecule has 0 radical (unpaired) electrons. The quantitative estimate of drug-likeness (QED) is 0.277. The number of carbonyl (C=O) groups is 1. The fraction of sp³-hybridized carbons (Fsp3) is 0.878. The number of rotatable bonds is 3. The zero-order chi connectivity index (χ0) is 39.7. The number of aliphatic hydroxyl groups excluding tert-OH is 1. The fourth-order valence-corrected chi connectivity index (χ4v) is 11.3. The summed E-state index contributed by atoms with van der Waals surface area (Å²) < 4.78 is 79.9. The highest BCUT2D eigenvalue weighted by atomic mass is 32.2. The first-order valence-corrected chi connectivity index (χ1v) is 22.9. The topological polar surface area (TPSA) is 192 Å². The van der Waals surface area contributed by atoms with Gasteiger partial charge in [-0.15, -0.1) is 0 Å². The van der Waals surface area contributed by atoms with E-state index in [0.29, 0.717) is 50.7 Å². The van der Waals surface area contributed by atoms with E-state index in [1.165, 1.54) is 0 Å². The van der Waals surface area contributed by atoms with E-state index in [1.807, 2.05) is 0 Å². The minimum absolute atomic E-state index is 0.00127. The summed E-state index contributed by atoms with van der Waals surface area (Å²) in [6.45, 7) is 13.5. The molecule has 1 spiro atoms. The maximum Gasteiger partial charge on any atom is 0.261 e. The Bertz CT molecular complexity index is 1590. The molecule has 15 heteroatoms. The standard InChI is InChI=1S/C40H59NO10.CH4O3S/c1-19-11-25-5-7-29-20(2)12-27(44-29)9-10-40-17-34-36(50-40)37-38(49-34)39(51-40)35-30(48-37)8-6-26(46-35)13-23(42)14-28-22(4)31(15-24(43)18-41)47-33(28)16-32(45-25)21(19)3;1-5(2,3)4/h19,22,24-39,43H,2-3,5-18,41H2,1,4H3;1H3,(H,2,3,4)/t19-,22-,24+,25?,26?,27?,28-,29+,30+,31-,32?,33+,34-,35+,36?,37+,38-,39?,40+;/m1./s1. The Morgan fingerprint density at radius 1 is 0.786 bits per heavy atom. The predicted octanol–water partition coefficient (Wildman–Crippen LogP) is 3.56. The third-order valence-corrected chi connectivity index (χ3v) is 14.2. The highest BCUT2D eigenvalue weighted by Gasteiger charge is 2.68. The summed E-state index contributed by atoms with van der Waals surface area (Å²) >= 11 is 0. The van der Waals surface area contributed by atoms with Crippen LogP contribution in [0.4, 0.5) is 0 Å². The first-order valence-electron chi connectivity index (χ1n) is 21.0. The second-order valence-electron chi connectivity index (χ2n) is 18.3. The Hall–Kier alpha value is -1.34. The normalized spacial score (nSPS) is 49.5. The second-order valence-corrected chi connectivity index (χ2v) is 19.8. The molecule has 12 bridgehead atoms. The molecule has 10 rings (SSSR count). The first kappa shape index (κ1) is 41.4. The van der Waals surface area contributed by atoms with Gasteiger partial charge in [-0.3, -0.25) is 9.35 Å². The van der Waals surface area contributed by atoms with E-state index in [2.05, 4.69) is 27.0 Å². The number of ether oxygens (including phenoxy) is 8. The average Bonchev–Trinajstić information content (AvgIpc) is 3.79. The monoisotopic (exact) mass is 809 g/mol. The zero-order valence-corrected chi connectivity index (χ0v) is 33.9. The number of nitrogens with two attached hydrogens (primary N) is 1. The van der Waals surface area contributed by atoms with Crippen LogP contribution in [-0.2, 0) is 52.8 Å². The van der Waals surface area contributed by atoms with Gasteiger partial charge in [0.25, 0.3) is 10.1 Å². The maximum atomic E-state index is 14.0. The molecule has 10 fully saturated rings. The molecule has 10 aliphatic rings. The molecule has 56 heavy (non-hydrogen) atoms. The van der Waals surface area contributed by atoms with Gasteiger partial charge in [-0.05, 0) is 73.8 Å². The predicted molar refractivity (Wildman–Crippen MR) is 202 cm³/mol. The summed E-state index contributed by atoms with van der Waals surface area (Å²) in [6, 6.07) is 0. The Labute approximate surface area is 331 Å². The molecule has 0 aromatic rings. The molecular formula is C41H63NO13S. The Morgan fingerprint density at radius 3 is 2.23 bits per heavy atom. The highest BCUT2D eigenvalue weighted by Crippen LogP contribution is 2.54. The molecular weight excluding hydrogens is 747 g/mol. The summed E-state index contributed by atoms with van der Waals surface area (Å²) in [4.78, 5) is 14.0. The Kier molecular flexibility index (Phi) is 12.0. The minimum Gasteiger partial charge on any atom is -0.392 e. The molecule has 4 N–H and O–H groups in total. The molecule has 0 aromatic carbocycles. The molecule has 0 aliphatic carbocycles. The molecule has 316 valence electrons. The Morgan fingerprint density at radius 2 is 1.46 bits per heavy atom. The van der Waals surface area contributed by atoms with Crippen LogP contribution < -0.4 is 5.73 Å². The number of aliphatic hydroxyl groups is 1. The van der Waals surface area contributed by atoms with E-state index in [0.717, 1.165) is 56.1 Å². The lowest BCUT2D eigenvalue weighted by atomic mass is 9.78. The van der Waals surface area contributed by atoms with E-state index in [1.54, 1.807) is 0 Å². The van der Waals surface area contributed by atoms with Crippen molar-refractivity contribution in [2.24, 2.45) is 23.5 Å². The largest absolute Gasteiger partial charge is 0.392 e. The van der Waals surface area contributed by atoms with Crippen molar-refractivity contribution in [1.82, 2.24) is 0 Å². The fourth-order valence-electron chi connectivity index (χ4n) is 11.3. The lowest BCUT2D eigenvalue weighted by Crippen LogP contribution is -2.61. The number of carbonyl (C=O) groups excluding carboxylic acids is 1. The van der Waals surface area contributed by atoms with Crippen LogP contribution in [0.1, 0.15) is 97.3 Å². The van der Waals surface area contributed by atoms with Crippen molar-refractivity contribution < 1.29 is 60.8 Å². The van der Waals surface area contributed by atoms with Crippen molar-refractivity contribution in [2.75, 3.05) is 12.8 Å². The van der Waals surface area contributed by atoms with Crippen LogP contribution in [0.3, 0.4) is 0 Å². The molecule has 10 saturated heterocycles. The third kappa shape index (κ3) is 8.62. The highest BCUT2D eigenvalue weighted by molar-refractivity contribution is 7.85. The van der Waals surface area contributed by atoms with Crippen LogP contribution in [-0.4, -0.2) is 134 Å². The van der Waals surface area contributed by atoms with Gasteiger partial charge in [0.1, 0.15) is 36.3 Å². The molecule has 0 amide bonds. The van der Waals surface area contributed by atoms with Gasteiger partial charge in [-0.25, -0.2) is 0 Å². The van der Waals surface area contributed by atoms with E-state index >= 15 is 0 Å². The van der Waals surface area contributed by atoms with E-state index < -0.39 is 22.0 Å². The van der Waals surface area contributed by atoms with Crippen LogP contribution >= 0.6 is 0 Å². The third-order valence-electron chi connectivity index (χ3n) is 14.2. The van der Waals surface area contributed by atoms with Crippen LogP contribution in [0.5, 0.6) is 0 Å². The van der Waals surface area contributed by atoms with Gasteiger partial charge < -0.3 is 48.7 Å². The number of ketones is 1. The van der Waals surface area contributed by atoms with Gasteiger partial charge in [0.15, 0.2) is 5.79 Å². The van der Waals surface area contributed by atoms with Crippen molar-refractivity contribution in [3.05, 3.63) is 24.3 Å². The van der Waals surface area contributed by atoms with Crippen LogP contribution in [0.15, 0.2) is 24.3 Å². The first-order chi connectivity index (χ1) is 26.6. The lowest BCUT2D eigenvalue weighted by Gasteiger charge is -2.47. The second kappa shape index (κ2) is 16.3. The minimum atomic E-state index is -3.67. The molecule has 10 heterocycles. The van der Waals surface area contributed by atoms with Crippen molar-refractivity contribution in [3.63, 3.8) is 0 Å². The summed E-state index contributed by atoms with van der Waals surface area (Å²) in [7, 11) is -3.67. The average molecular weight is 810 g/mol. The van der Waals surface area contributed by atoms with Gasteiger partial charge in [-0.2, -0.15) is 8.42 Å². The SMILES string of the molecule is C=C1C2C[C@@H]3O[C@H](C[C@H](O)CN)[C@H](C)[C@H]3CC(=O)CC3CC[C@@H]4O[C@H]5C6O[C@]7(CCC8CC(=C)[C@H](CCC(C[C@H]1C)O2)O8)C[C@H]6O[C@H]5C(O7)[C@H]4O3.CS(=O)(=O)O. The van der Waals surface area contributed by atoms with Crippen molar-refractivity contribution >= 4 is 15.9 Å². The lowest BCUT2D eigenvalue weighted by molar-refractivity contribution is -0.292. The van der Waals surface area contributed by atoms with Crippen LogP contribution in [0.25, 0.3) is 0 Å². The van der Waals surface area contributed by atoms with Gasteiger partial charge in [0, 0.05) is 45.1 Å². The van der Waals surface area contributed by atoms with Gasteiger partial charge in [0.2, 0.25) is 0 Å². The van der Waals surface area contributed by atoms with Crippen molar-refractivity contribution in [3.8, 4) is 0 Å². The summed E-state index contributed by atoms with van der Waals surface area (Å²) in [5.41, 5.74) is 8.06. The van der Waals surface area contributed by atoms with Crippen molar-refractivity contribution in [2.45, 2.75) is 195 Å². The van der Waals surface area contributed by atoms with E-state index in [4.69, 9.17) is 48.2 Å². The summed E-state index contributed by atoms with van der Waals surface area (Å²) in [5, 5.41) is 10.5. The maximum absolute atomic E-state index is 14.0. The van der Waals surface area contributed by atoms with Gasteiger partial charge in [-0.1, -0.05) is 27.0 Å². The summed E-state index contributed by atoms with van der Waals surface area (Å²) in [6.07, 6.45) is 7.15. The Balaban J connectivity index is 0.000000831. The van der Waals surface area contributed by atoms with Gasteiger partial charge >= 0.3 is 0 Å². The smallest absolute Gasteiger partial charge is 0.261 e. The number of fused-ring (bicyclic) bond motifs is 6. The number of hydrogen-bond acceptors (Lipinski definition) is 13. The number of Topliss-reactive ketones (excluding diaryl/α,β-unsaturated/α-hetero) is 1. The van der Waals surface area contributed by atoms with Crippen LogP contribution in [0.2, 0.25) is 0 Å². The molecule has 10 aliphatic heterocycles. The number of hydrogen-bond donors (Lipinski definition) is 3. The van der Waals surface area contributed by atoms with E-state index in [9.17, 15) is 18.3 Å². The summed E-state index contributed by atoms with van der Waals surface area (Å²) in [5.74, 6) is -0.222. The van der Waals surface area contributed by atoms with Crippen molar-refractivity contribution in [1.29, 1.82) is 0 Å². The molecule has 0 aromatic heterocycles. The van der Waals surface area contributed by atoms with Gasteiger partial charge in [0.05, 0.1) is 67.3 Å². The van der Waals surface area contributed by atoms with E-state index in [-0.39, 0.29) is 110 Å². The molecule has 6 unspecified atom stereocenters. The molecule has 0 saturated carbocycles. The molecule has 14 nitrogen and oxygen atoms in total. The van der Waals surface area contributed by atoms with Crippen LogP contribution in [0, 0.1) is 17.8 Å². The molecule has 19 atom stereocenters.